The van der Waals surface area contributed by atoms with E-state index in [9.17, 15) is 13.6 Å². The van der Waals surface area contributed by atoms with Gasteiger partial charge in [-0.05, 0) is 26.0 Å². The highest BCUT2D eigenvalue weighted by Gasteiger charge is 2.16. The fourth-order valence-corrected chi connectivity index (χ4v) is 1.90. The van der Waals surface area contributed by atoms with Gasteiger partial charge in [0.1, 0.15) is 23.4 Å². The third-order valence-corrected chi connectivity index (χ3v) is 3.01. The third kappa shape index (κ3) is 4.09. The minimum absolute atomic E-state index is 0.0872. The summed E-state index contributed by atoms with van der Waals surface area (Å²) in [6.07, 6.45) is 0. The van der Waals surface area contributed by atoms with Crippen LogP contribution in [0.15, 0.2) is 28.8 Å². The maximum absolute atomic E-state index is 13.6. The van der Waals surface area contributed by atoms with Crippen molar-refractivity contribution in [3.8, 4) is 0 Å². The topological polar surface area (TPSA) is 71.7 Å². The number of anilines is 1. The Labute approximate surface area is 120 Å². The van der Waals surface area contributed by atoms with Crippen molar-refractivity contribution in [3.63, 3.8) is 0 Å². The molecule has 0 saturated heterocycles. The van der Waals surface area contributed by atoms with E-state index in [1.165, 1.54) is 12.1 Å². The van der Waals surface area contributed by atoms with Gasteiger partial charge >= 0.3 is 0 Å². The Morgan fingerprint density at radius 3 is 2.81 bits per heavy atom. The van der Waals surface area contributed by atoms with Gasteiger partial charge in [-0.2, -0.15) is 0 Å². The Kier molecular flexibility index (Phi) is 4.64. The predicted octanol–water partition coefficient (Wildman–Crippen LogP) is 1.52. The monoisotopic (exact) mass is 296 g/mol. The fourth-order valence-electron chi connectivity index (χ4n) is 1.90. The summed E-state index contributed by atoms with van der Waals surface area (Å²) < 4.78 is 31.3. The maximum Gasteiger partial charge on any atom is 0.280 e. The van der Waals surface area contributed by atoms with Crippen LogP contribution in [0, 0.1) is 18.6 Å². The van der Waals surface area contributed by atoms with E-state index in [1.54, 1.807) is 25.2 Å². The Morgan fingerprint density at radius 1 is 1.43 bits per heavy atom. The van der Waals surface area contributed by atoms with Gasteiger partial charge in [-0.25, -0.2) is 8.78 Å². The molecule has 1 atom stereocenters. The minimum atomic E-state index is -0.623. The smallest absolute Gasteiger partial charge is 0.280 e. The standard InChI is InChI=1S/C14H15F2N3O2/c1-8-5-13(19-21-8)18-14(20)7-17-9(2)11-4-3-10(15)6-12(11)16/h3-6,9,17H,7H2,1-2H3,(H,18,19,20)/p+1/t9-/m1/s1. The summed E-state index contributed by atoms with van der Waals surface area (Å²) in [5.74, 6) is -0.589. The zero-order valence-corrected chi connectivity index (χ0v) is 11.7. The molecule has 0 radical (unpaired) electrons. The van der Waals surface area contributed by atoms with Crippen molar-refractivity contribution >= 4 is 11.7 Å². The first kappa shape index (κ1) is 15.1. The maximum atomic E-state index is 13.6. The molecule has 0 aliphatic carbocycles. The van der Waals surface area contributed by atoms with Crippen LogP contribution in [-0.2, 0) is 4.79 Å². The van der Waals surface area contributed by atoms with E-state index in [1.807, 2.05) is 0 Å². The molecular formula is C14H16F2N3O2+. The van der Waals surface area contributed by atoms with Gasteiger partial charge in [0.25, 0.3) is 5.91 Å². The highest BCUT2D eigenvalue weighted by Crippen LogP contribution is 2.14. The first-order valence-corrected chi connectivity index (χ1v) is 6.47. The van der Waals surface area contributed by atoms with Crippen molar-refractivity contribution in [2.24, 2.45) is 0 Å². The van der Waals surface area contributed by atoms with Crippen LogP contribution < -0.4 is 10.6 Å². The molecule has 0 saturated carbocycles. The van der Waals surface area contributed by atoms with Crippen LogP contribution in [0.25, 0.3) is 0 Å². The van der Waals surface area contributed by atoms with E-state index >= 15 is 0 Å². The zero-order valence-electron chi connectivity index (χ0n) is 11.7. The number of hydrogen-bond donors (Lipinski definition) is 2. The van der Waals surface area contributed by atoms with Crippen molar-refractivity contribution < 1.29 is 23.4 Å². The minimum Gasteiger partial charge on any atom is -0.360 e. The van der Waals surface area contributed by atoms with Crippen LogP contribution >= 0.6 is 0 Å². The Morgan fingerprint density at radius 2 is 2.19 bits per heavy atom. The van der Waals surface area contributed by atoms with Crippen LogP contribution in [0.5, 0.6) is 0 Å². The molecule has 0 fully saturated rings. The third-order valence-electron chi connectivity index (χ3n) is 3.01. The van der Waals surface area contributed by atoms with Gasteiger partial charge < -0.3 is 15.2 Å². The van der Waals surface area contributed by atoms with Crippen LogP contribution in [0.4, 0.5) is 14.6 Å². The second-order valence-electron chi connectivity index (χ2n) is 4.77. The number of aromatic nitrogens is 1. The van der Waals surface area contributed by atoms with E-state index in [2.05, 4.69) is 10.5 Å². The number of benzene rings is 1. The van der Waals surface area contributed by atoms with Crippen LogP contribution in [0.2, 0.25) is 0 Å². The fraction of sp³-hybridized carbons (Fsp3) is 0.286. The highest BCUT2D eigenvalue weighted by atomic mass is 19.1. The number of quaternary nitrogens is 1. The first-order chi connectivity index (χ1) is 9.95. The molecule has 0 bridgehead atoms. The van der Waals surface area contributed by atoms with E-state index < -0.39 is 11.6 Å². The molecule has 7 heteroatoms. The van der Waals surface area contributed by atoms with Gasteiger partial charge in [0, 0.05) is 17.7 Å². The summed E-state index contributed by atoms with van der Waals surface area (Å²) >= 11 is 0. The molecule has 112 valence electrons. The SMILES string of the molecule is Cc1cc(NC(=O)C[NH2+][C@H](C)c2ccc(F)cc2F)no1. The van der Waals surface area contributed by atoms with E-state index in [-0.39, 0.29) is 18.5 Å². The molecule has 1 amide bonds. The van der Waals surface area contributed by atoms with Crippen LogP contribution in [0.3, 0.4) is 0 Å². The number of nitrogens with two attached hydrogens (primary N) is 1. The van der Waals surface area contributed by atoms with Crippen LogP contribution in [0.1, 0.15) is 24.3 Å². The summed E-state index contributed by atoms with van der Waals surface area (Å²) in [6, 6.07) is 4.69. The lowest BCUT2D eigenvalue weighted by atomic mass is 10.1. The molecule has 1 aromatic heterocycles. The molecule has 2 rings (SSSR count). The predicted molar refractivity (Wildman–Crippen MR) is 71.4 cm³/mol. The molecule has 1 heterocycles. The van der Waals surface area contributed by atoms with E-state index in [0.29, 0.717) is 17.1 Å². The summed E-state index contributed by atoms with van der Waals surface area (Å²) in [5, 5.41) is 7.86. The van der Waals surface area contributed by atoms with Crippen molar-refractivity contribution in [2.75, 3.05) is 11.9 Å². The molecule has 3 N–H and O–H groups in total. The molecule has 0 spiro atoms. The summed E-state index contributed by atoms with van der Waals surface area (Å²) in [7, 11) is 0. The van der Waals surface area contributed by atoms with Gasteiger partial charge in [0.15, 0.2) is 12.4 Å². The number of nitrogens with one attached hydrogen (secondary N) is 1. The number of aryl methyl sites for hydroxylation is 1. The molecule has 0 aliphatic rings. The van der Waals surface area contributed by atoms with Crippen molar-refractivity contribution in [1.29, 1.82) is 0 Å². The lowest BCUT2D eigenvalue weighted by Crippen LogP contribution is -2.86. The van der Waals surface area contributed by atoms with Gasteiger partial charge in [-0.1, -0.05) is 5.16 Å². The lowest BCUT2D eigenvalue weighted by molar-refractivity contribution is -0.682. The van der Waals surface area contributed by atoms with Crippen molar-refractivity contribution in [2.45, 2.75) is 19.9 Å². The molecule has 1 aromatic carbocycles. The first-order valence-electron chi connectivity index (χ1n) is 6.47. The summed E-state index contributed by atoms with van der Waals surface area (Å²) in [5.41, 5.74) is 0.349. The average Bonchev–Trinajstić information content (AvgIpc) is 2.81. The average molecular weight is 296 g/mol. The number of hydrogen-bond acceptors (Lipinski definition) is 3. The number of nitrogens with zero attached hydrogens (tertiary/aromatic N) is 1. The van der Waals surface area contributed by atoms with Gasteiger partial charge in [-0.3, -0.25) is 4.79 Å². The normalized spacial score (nSPS) is 12.2. The number of rotatable bonds is 5. The quantitative estimate of drug-likeness (QED) is 0.879. The van der Waals surface area contributed by atoms with Crippen molar-refractivity contribution in [1.82, 2.24) is 5.16 Å². The summed E-state index contributed by atoms with van der Waals surface area (Å²) in [6.45, 7) is 3.54. The second kappa shape index (κ2) is 6.45. The molecule has 0 aliphatic heterocycles. The van der Waals surface area contributed by atoms with Gasteiger partial charge in [0.2, 0.25) is 0 Å². The van der Waals surface area contributed by atoms with E-state index in [4.69, 9.17) is 4.52 Å². The largest absolute Gasteiger partial charge is 0.360 e. The van der Waals surface area contributed by atoms with Gasteiger partial charge in [0.05, 0.1) is 0 Å². The molecule has 0 unspecified atom stereocenters. The molecule has 5 nitrogen and oxygen atoms in total. The van der Waals surface area contributed by atoms with E-state index in [0.717, 1.165) is 6.07 Å². The summed E-state index contributed by atoms with van der Waals surface area (Å²) in [4.78, 5) is 11.7. The molecular weight excluding hydrogens is 280 g/mol. The number of carbonyl (C=O) groups is 1. The highest BCUT2D eigenvalue weighted by molar-refractivity contribution is 5.90. The van der Waals surface area contributed by atoms with Crippen LogP contribution in [-0.4, -0.2) is 17.6 Å². The van der Waals surface area contributed by atoms with Crippen molar-refractivity contribution in [3.05, 3.63) is 47.2 Å². The zero-order chi connectivity index (χ0) is 15.4. The Bertz CT molecular complexity index is 643. The number of amides is 1. The lowest BCUT2D eigenvalue weighted by Gasteiger charge is -2.11. The molecule has 21 heavy (non-hydrogen) atoms. The second-order valence-corrected chi connectivity index (χ2v) is 4.77. The van der Waals surface area contributed by atoms with Gasteiger partial charge in [-0.15, -0.1) is 0 Å². The molecule has 2 aromatic rings. The number of halogens is 2. The Hall–Kier alpha value is -2.28. The Balaban J connectivity index is 1.88. The number of carbonyl (C=O) groups excluding carboxylic acids is 1.